The fraction of sp³-hybridized carbons (Fsp3) is 0.611. The SMILES string of the molecule is CC(C)(C)[C@@H]1CCc2c(sc(NC(=O)CN3CSCC3=O)c2C#N)C1. The fourth-order valence-corrected chi connectivity index (χ4v) is 5.61. The molecule has 1 aliphatic heterocycles. The van der Waals surface area contributed by atoms with Crippen molar-refractivity contribution in [2.45, 2.75) is 40.0 Å². The summed E-state index contributed by atoms with van der Waals surface area (Å²) in [7, 11) is 0. The highest BCUT2D eigenvalue weighted by Crippen LogP contribution is 2.43. The molecule has 0 radical (unpaired) electrons. The van der Waals surface area contributed by atoms with Crippen LogP contribution in [0.4, 0.5) is 5.00 Å². The van der Waals surface area contributed by atoms with Crippen molar-refractivity contribution >= 4 is 39.9 Å². The van der Waals surface area contributed by atoms with E-state index in [1.165, 1.54) is 28.0 Å². The number of hydrogen-bond donors (Lipinski definition) is 1. The molecule has 2 aliphatic rings. The lowest BCUT2D eigenvalue weighted by Gasteiger charge is -2.33. The van der Waals surface area contributed by atoms with Crippen LogP contribution in [0.15, 0.2) is 0 Å². The lowest BCUT2D eigenvalue weighted by atomic mass is 9.72. The molecule has 5 nitrogen and oxygen atoms in total. The summed E-state index contributed by atoms with van der Waals surface area (Å²) in [5.41, 5.74) is 1.96. The van der Waals surface area contributed by atoms with Crippen LogP contribution in [0.5, 0.6) is 0 Å². The molecule has 1 aromatic heterocycles. The molecule has 0 bridgehead atoms. The van der Waals surface area contributed by atoms with Crippen molar-refractivity contribution in [1.29, 1.82) is 5.26 Å². The summed E-state index contributed by atoms with van der Waals surface area (Å²) in [5.74, 6) is 1.37. The molecule has 1 fully saturated rings. The zero-order valence-electron chi connectivity index (χ0n) is 14.8. The lowest BCUT2D eigenvalue weighted by Crippen LogP contribution is -2.34. The average molecular weight is 378 g/mol. The van der Waals surface area contributed by atoms with Gasteiger partial charge in [-0.3, -0.25) is 9.59 Å². The highest BCUT2D eigenvalue weighted by molar-refractivity contribution is 8.00. The van der Waals surface area contributed by atoms with Crippen LogP contribution >= 0.6 is 23.1 Å². The van der Waals surface area contributed by atoms with Crippen molar-refractivity contribution in [1.82, 2.24) is 4.90 Å². The predicted octanol–water partition coefficient (Wildman–Crippen LogP) is 3.24. The van der Waals surface area contributed by atoms with Gasteiger partial charge in [0.1, 0.15) is 17.6 Å². The third-order valence-electron chi connectivity index (χ3n) is 5.01. The van der Waals surface area contributed by atoms with Gasteiger partial charge in [-0.15, -0.1) is 23.1 Å². The standard InChI is InChI=1S/C18H23N3O2S2/c1-18(2,3)11-4-5-12-13(7-19)17(25-14(12)6-11)20-15(22)8-21-10-24-9-16(21)23/h11H,4-6,8-10H2,1-3H3,(H,20,22)/t11-/m1/s1. The second kappa shape index (κ2) is 7.00. The highest BCUT2D eigenvalue weighted by Gasteiger charge is 2.32. The van der Waals surface area contributed by atoms with Crippen molar-refractivity contribution in [3.05, 3.63) is 16.0 Å². The summed E-state index contributed by atoms with van der Waals surface area (Å²) in [5, 5.41) is 13.1. The topological polar surface area (TPSA) is 73.2 Å². The Bertz CT molecular complexity index is 743. The monoisotopic (exact) mass is 377 g/mol. The minimum absolute atomic E-state index is 0.000787. The first-order valence-corrected chi connectivity index (χ1v) is 10.5. The molecule has 1 atom stereocenters. The Morgan fingerprint density at radius 3 is 2.80 bits per heavy atom. The summed E-state index contributed by atoms with van der Waals surface area (Å²) in [6, 6.07) is 2.28. The van der Waals surface area contributed by atoms with Crippen LogP contribution in [0, 0.1) is 22.7 Å². The molecule has 2 amide bonds. The molecule has 0 saturated carbocycles. The van der Waals surface area contributed by atoms with E-state index in [1.807, 2.05) is 0 Å². The van der Waals surface area contributed by atoms with E-state index < -0.39 is 0 Å². The zero-order chi connectivity index (χ0) is 18.2. The average Bonchev–Trinajstić information content (AvgIpc) is 3.08. The van der Waals surface area contributed by atoms with Crippen LogP contribution in [0.2, 0.25) is 0 Å². The van der Waals surface area contributed by atoms with Crippen molar-refractivity contribution in [3.63, 3.8) is 0 Å². The number of anilines is 1. The van der Waals surface area contributed by atoms with E-state index in [1.54, 1.807) is 4.90 Å². The number of rotatable bonds is 3. The van der Waals surface area contributed by atoms with Crippen molar-refractivity contribution in [3.8, 4) is 6.07 Å². The van der Waals surface area contributed by atoms with Crippen LogP contribution in [0.25, 0.3) is 0 Å². The van der Waals surface area contributed by atoms with Crippen LogP contribution in [-0.2, 0) is 22.4 Å². The minimum atomic E-state index is -0.224. The molecule has 134 valence electrons. The third-order valence-corrected chi connectivity index (χ3v) is 7.13. The van der Waals surface area contributed by atoms with E-state index in [4.69, 9.17) is 0 Å². The number of amides is 2. The van der Waals surface area contributed by atoms with E-state index >= 15 is 0 Å². The van der Waals surface area contributed by atoms with Gasteiger partial charge in [0.15, 0.2) is 0 Å². The Balaban J connectivity index is 1.75. The molecule has 1 aromatic rings. The van der Waals surface area contributed by atoms with E-state index in [-0.39, 0.29) is 23.8 Å². The van der Waals surface area contributed by atoms with Gasteiger partial charge >= 0.3 is 0 Å². The van der Waals surface area contributed by atoms with Gasteiger partial charge in [-0.25, -0.2) is 0 Å². The summed E-state index contributed by atoms with van der Waals surface area (Å²) in [6.45, 7) is 6.84. The zero-order valence-corrected chi connectivity index (χ0v) is 16.5. The van der Waals surface area contributed by atoms with E-state index in [0.717, 1.165) is 24.8 Å². The van der Waals surface area contributed by atoms with Crippen molar-refractivity contribution in [2.24, 2.45) is 11.3 Å². The van der Waals surface area contributed by atoms with Gasteiger partial charge in [-0.05, 0) is 36.2 Å². The summed E-state index contributed by atoms with van der Waals surface area (Å²) in [6.07, 6.45) is 2.94. The second-order valence-electron chi connectivity index (χ2n) is 7.74. The molecule has 3 rings (SSSR count). The maximum Gasteiger partial charge on any atom is 0.244 e. The molecule has 2 heterocycles. The Morgan fingerprint density at radius 1 is 1.44 bits per heavy atom. The van der Waals surface area contributed by atoms with E-state index in [9.17, 15) is 14.9 Å². The Morgan fingerprint density at radius 2 is 2.20 bits per heavy atom. The van der Waals surface area contributed by atoms with Crippen LogP contribution in [0.3, 0.4) is 0 Å². The van der Waals surface area contributed by atoms with Crippen LogP contribution in [-0.4, -0.2) is 34.9 Å². The van der Waals surface area contributed by atoms with E-state index in [0.29, 0.717) is 28.1 Å². The summed E-state index contributed by atoms with van der Waals surface area (Å²) in [4.78, 5) is 26.7. The first kappa shape index (κ1) is 18.3. The number of hydrogen-bond acceptors (Lipinski definition) is 5. The number of thioether (sulfide) groups is 1. The highest BCUT2D eigenvalue weighted by atomic mass is 32.2. The van der Waals surface area contributed by atoms with Crippen LogP contribution < -0.4 is 5.32 Å². The van der Waals surface area contributed by atoms with Gasteiger partial charge < -0.3 is 10.2 Å². The number of nitrogens with zero attached hydrogens (tertiary/aromatic N) is 2. The summed E-state index contributed by atoms with van der Waals surface area (Å²) >= 11 is 3.05. The van der Waals surface area contributed by atoms with E-state index in [2.05, 4.69) is 32.2 Å². The Hall–Kier alpha value is -1.52. The molecule has 1 N–H and O–H groups in total. The van der Waals surface area contributed by atoms with Gasteiger partial charge in [0.25, 0.3) is 0 Å². The van der Waals surface area contributed by atoms with Gasteiger partial charge in [0.05, 0.1) is 17.2 Å². The molecule has 7 heteroatoms. The van der Waals surface area contributed by atoms with Gasteiger partial charge in [-0.2, -0.15) is 5.26 Å². The molecule has 0 aromatic carbocycles. The quantitative estimate of drug-likeness (QED) is 0.878. The maximum absolute atomic E-state index is 12.3. The molecular formula is C18H23N3O2S2. The third kappa shape index (κ3) is 3.85. The number of nitrogens with one attached hydrogen (secondary N) is 1. The lowest BCUT2D eigenvalue weighted by molar-refractivity contribution is -0.130. The summed E-state index contributed by atoms with van der Waals surface area (Å²) < 4.78 is 0. The second-order valence-corrected chi connectivity index (χ2v) is 9.80. The number of nitriles is 1. The Kier molecular flexibility index (Phi) is 5.12. The van der Waals surface area contributed by atoms with Gasteiger partial charge in [0.2, 0.25) is 11.8 Å². The molecular weight excluding hydrogens is 354 g/mol. The molecule has 25 heavy (non-hydrogen) atoms. The first-order chi connectivity index (χ1) is 11.8. The number of fused-ring (bicyclic) bond motifs is 1. The predicted molar refractivity (Wildman–Crippen MR) is 102 cm³/mol. The maximum atomic E-state index is 12.3. The molecule has 0 spiro atoms. The number of thiophene rings is 1. The first-order valence-electron chi connectivity index (χ1n) is 8.49. The smallest absolute Gasteiger partial charge is 0.244 e. The van der Waals surface area contributed by atoms with Crippen molar-refractivity contribution in [2.75, 3.05) is 23.5 Å². The molecule has 1 aliphatic carbocycles. The Labute approximate surface area is 156 Å². The molecule has 1 saturated heterocycles. The normalized spacial score (nSPS) is 20.3. The van der Waals surface area contributed by atoms with Crippen LogP contribution in [0.1, 0.15) is 43.2 Å². The minimum Gasteiger partial charge on any atom is -0.323 e. The number of carbonyl (C=O) groups excluding carboxylic acids is 2. The fourth-order valence-electron chi connectivity index (χ4n) is 3.41. The van der Waals surface area contributed by atoms with Gasteiger partial charge in [0, 0.05) is 4.88 Å². The largest absolute Gasteiger partial charge is 0.323 e. The van der Waals surface area contributed by atoms with Gasteiger partial charge in [-0.1, -0.05) is 20.8 Å². The van der Waals surface area contributed by atoms with Crippen molar-refractivity contribution < 1.29 is 9.59 Å². The molecule has 0 unspecified atom stereocenters. The number of carbonyl (C=O) groups is 2.